The first-order chi connectivity index (χ1) is 11.7. The van der Waals surface area contributed by atoms with Gasteiger partial charge in [-0.15, -0.1) is 0 Å². The lowest BCUT2D eigenvalue weighted by Crippen LogP contribution is -2.31. The summed E-state index contributed by atoms with van der Waals surface area (Å²) in [4.78, 5) is 14.5. The zero-order valence-electron chi connectivity index (χ0n) is 13.7. The van der Waals surface area contributed by atoms with Crippen molar-refractivity contribution in [2.75, 3.05) is 13.1 Å². The van der Waals surface area contributed by atoms with E-state index >= 15 is 0 Å². The van der Waals surface area contributed by atoms with Crippen LogP contribution in [0.1, 0.15) is 41.6 Å². The lowest BCUT2D eigenvalue weighted by Gasteiger charge is -2.20. The third-order valence-corrected chi connectivity index (χ3v) is 4.72. The molecule has 1 fully saturated rings. The third-order valence-electron chi connectivity index (χ3n) is 4.35. The summed E-state index contributed by atoms with van der Waals surface area (Å²) in [6.45, 7) is 2.15. The first-order valence-electron chi connectivity index (χ1n) is 8.49. The Morgan fingerprint density at radius 1 is 0.958 bits per heavy atom. The van der Waals surface area contributed by atoms with Crippen molar-refractivity contribution in [3.05, 3.63) is 64.7 Å². The molecule has 1 aliphatic heterocycles. The molecular weight excluding hydrogens is 322 g/mol. The molecule has 0 aliphatic carbocycles. The maximum absolute atomic E-state index is 12.6. The molecule has 24 heavy (non-hydrogen) atoms. The predicted molar refractivity (Wildman–Crippen MR) is 96.6 cm³/mol. The molecule has 0 N–H and O–H groups in total. The molecule has 3 rings (SSSR count). The number of hydrogen-bond acceptors (Lipinski definition) is 2. The Hall–Kier alpha value is -2.00. The van der Waals surface area contributed by atoms with Crippen LogP contribution in [-0.4, -0.2) is 23.9 Å². The molecule has 126 valence electrons. The molecule has 1 amide bonds. The third kappa shape index (κ3) is 4.30. The Balaban J connectivity index is 1.60. The maximum atomic E-state index is 12.6. The molecule has 0 aromatic heterocycles. The van der Waals surface area contributed by atoms with E-state index in [0.29, 0.717) is 11.6 Å². The van der Waals surface area contributed by atoms with Crippen molar-refractivity contribution >= 4 is 17.5 Å². The second-order valence-electron chi connectivity index (χ2n) is 6.11. The number of hydrogen-bond donors (Lipinski definition) is 0. The van der Waals surface area contributed by atoms with Crippen molar-refractivity contribution in [1.29, 1.82) is 0 Å². The van der Waals surface area contributed by atoms with Crippen LogP contribution in [0.3, 0.4) is 0 Å². The van der Waals surface area contributed by atoms with Crippen molar-refractivity contribution in [3.8, 4) is 5.75 Å². The van der Waals surface area contributed by atoms with E-state index < -0.39 is 0 Å². The fourth-order valence-corrected chi connectivity index (χ4v) is 3.12. The second kappa shape index (κ2) is 8.20. The minimum absolute atomic E-state index is 0.120. The zero-order chi connectivity index (χ0) is 16.8. The largest absolute Gasteiger partial charge is 0.489 e. The fraction of sp³-hybridized carbons (Fsp3) is 0.350. The molecule has 1 heterocycles. The first-order valence-corrected chi connectivity index (χ1v) is 8.87. The van der Waals surface area contributed by atoms with E-state index in [9.17, 15) is 4.79 Å². The van der Waals surface area contributed by atoms with E-state index in [2.05, 4.69) is 0 Å². The van der Waals surface area contributed by atoms with Crippen molar-refractivity contribution < 1.29 is 9.53 Å². The molecule has 0 saturated carbocycles. The number of nitrogens with zero attached hydrogens (tertiary/aromatic N) is 1. The van der Waals surface area contributed by atoms with Crippen molar-refractivity contribution in [1.82, 2.24) is 4.90 Å². The van der Waals surface area contributed by atoms with Crippen LogP contribution in [0.4, 0.5) is 0 Å². The SMILES string of the molecule is O=C(c1ccc(OCc2ccccc2Cl)cc1)N1CCCCCC1. The Labute approximate surface area is 148 Å². The number of amides is 1. The first kappa shape index (κ1) is 16.8. The number of rotatable bonds is 4. The average Bonchev–Trinajstić information content (AvgIpc) is 2.90. The molecule has 4 heteroatoms. The molecule has 0 atom stereocenters. The molecule has 0 spiro atoms. The smallest absolute Gasteiger partial charge is 0.253 e. The summed E-state index contributed by atoms with van der Waals surface area (Å²) in [6.07, 6.45) is 4.65. The van der Waals surface area contributed by atoms with E-state index in [1.165, 1.54) is 12.8 Å². The van der Waals surface area contributed by atoms with Gasteiger partial charge in [-0.05, 0) is 43.2 Å². The van der Waals surface area contributed by atoms with Crippen LogP contribution in [0.2, 0.25) is 5.02 Å². The van der Waals surface area contributed by atoms with Gasteiger partial charge in [0.1, 0.15) is 12.4 Å². The molecule has 0 bridgehead atoms. The molecule has 1 aliphatic rings. The van der Waals surface area contributed by atoms with Gasteiger partial charge in [-0.3, -0.25) is 4.79 Å². The van der Waals surface area contributed by atoms with Crippen molar-refractivity contribution in [2.24, 2.45) is 0 Å². The van der Waals surface area contributed by atoms with Crippen LogP contribution in [-0.2, 0) is 6.61 Å². The molecule has 1 saturated heterocycles. The molecule has 0 radical (unpaired) electrons. The fourth-order valence-electron chi connectivity index (χ4n) is 2.93. The van der Waals surface area contributed by atoms with Crippen LogP contribution in [0.5, 0.6) is 5.75 Å². The molecule has 0 unspecified atom stereocenters. The van der Waals surface area contributed by atoms with Gasteiger partial charge >= 0.3 is 0 Å². The van der Waals surface area contributed by atoms with E-state index in [4.69, 9.17) is 16.3 Å². The van der Waals surface area contributed by atoms with Gasteiger partial charge in [-0.25, -0.2) is 0 Å². The van der Waals surface area contributed by atoms with E-state index in [1.54, 1.807) is 0 Å². The summed E-state index contributed by atoms with van der Waals surface area (Å²) in [6, 6.07) is 15.0. The number of ether oxygens (including phenoxy) is 1. The van der Waals surface area contributed by atoms with Gasteiger partial charge < -0.3 is 9.64 Å². The van der Waals surface area contributed by atoms with Crippen LogP contribution in [0.15, 0.2) is 48.5 Å². The number of benzene rings is 2. The normalized spacial score (nSPS) is 15.0. The second-order valence-corrected chi connectivity index (χ2v) is 6.52. The van der Waals surface area contributed by atoms with E-state index in [0.717, 1.165) is 42.8 Å². The Morgan fingerprint density at radius 3 is 2.29 bits per heavy atom. The highest BCUT2D eigenvalue weighted by molar-refractivity contribution is 6.31. The van der Waals surface area contributed by atoms with Crippen LogP contribution >= 0.6 is 11.6 Å². The zero-order valence-corrected chi connectivity index (χ0v) is 14.5. The quantitative estimate of drug-likeness (QED) is 0.787. The number of carbonyl (C=O) groups excluding carboxylic acids is 1. The Bertz CT molecular complexity index is 676. The Kier molecular flexibility index (Phi) is 5.76. The van der Waals surface area contributed by atoms with Crippen LogP contribution in [0, 0.1) is 0 Å². The highest BCUT2D eigenvalue weighted by atomic mass is 35.5. The highest BCUT2D eigenvalue weighted by Gasteiger charge is 2.17. The van der Waals surface area contributed by atoms with Gasteiger partial charge in [0, 0.05) is 29.2 Å². The lowest BCUT2D eigenvalue weighted by atomic mass is 10.2. The predicted octanol–water partition coefficient (Wildman–Crippen LogP) is 4.94. The Morgan fingerprint density at radius 2 is 1.62 bits per heavy atom. The number of likely N-dealkylation sites (tertiary alicyclic amines) is 1. The van der Waals surface area contributed by atoms with Crippen LogP contribution in [0.25, 0.3) is 0 Å². The van der Waals surface area contributed by atoms with E-state index in [-0.39, 0.29) is 5.91 Å². The number of carbonyl (C=O) groups is 1. The van der Waals surface area contributed by atoms with Gasteiger partial charge in [0.25, 0.3) is 5.91 Å². The summed E-state index contributed by atoms with van der Waals surface area (Å²) >= 11 is 6.13. The minimum atomic E-state index is 0.120. The lowest BCUT2D eigenvalue weighted by molar-refractivity contribution is 0.0761. The van der Waals surface area contributed by atoms with Crippen molar-refractivity contribution in [3.63, 3.8) is 0 Å². The maximum Gasteiger partial charge on any atom is 0.253 e. The summed E-state index contributed by atoms with van der Waals surface area (Å²) in [7, 11) is 0. The summed E-state index contributed by atoms with van der Waals surface area (Å²) in [5.41, 5.74) is 1.67. The monoisotopic (exact) mass is 343 g/mol. The number of halogens is 1. The highest BCUT2D eigenvalue weighted by Crippen LogP contribution is 2.20. The standard InChI is InChI=1S/C20H22ClNO2/c21-19-8-4-3-7-17(19)15-24-18-11-9-16(10-12-18)20(23)22-13-5-1-2-6-14-22/h3-4,7-12H,1-2,5-6,13-15H2. The van der Waals surface area contributed by atoms with E-state index in [1.807, 2.05) is 53.4 Å². The summed E-state index contributed by atoms with van der Waals surface area (Å²) in [5.74, 6) is 0.858. The molecule has 2 aromatic carbocycles. The van der Waals surface area contributed by atoms with Gasteiger partial charge in [0.2, 0.25) is 0 Å². The summed E-state index contributed by atoms with van der Waals surface area (Å²) in [5, 5.41) is 0.700. The molecule has 3 nitrogen and oxygen atoms in total. The summed E-state index contributed by atoms with van der Waals surface area (Å²) < 4.78 is 5.76. The average molecular weight is 344 g/mol. The van der Waals surface area contributed by atoms with Gasteiger partial charge in [-0.1, -0.05) is 42.6 Å². The van der Waals surface area contributed by atoms with Gasteiger partial charge in [0.05, 0.1) is 0 Å². The van der Waals surface area contributed by atoms with Crippen LogP contribution < -0.4 is 4.74 Å². The molecular formula is C20H22ClNO2. The van der Waals surface area contributed by atoms with Gasteiger partial charge in [0.15, 0.2) is 0 Å². The minimum Gasteiger partial charge on any atom is -0.489 e. The van der Waals surface area contributed by atoms with Crippen molar-refractivity contribution in [2.45, 2.75) is 32.3 Å². The molecule has 2 aromatic rings. The topological polar surface area (TPSA) is 29.5 Å². The van der Waals surface area contributed by atoms with Gasteiger partial charge in [-0.2, -0.15) is 0 Å².